The number of likely N-dealkylation sites (tertiary alicyclic amines) is 2. The van der Waals surface area contributed by atoms with Gasteiger partial charge in [0.15, 0.2) is 0 Å². The van der Waals surface area contributed by atoms with E-state index in [1.165, 1.54) is 32.4 Å². The standard InChI is InChI=1S/C17H24N4.C17H23N3O.C12H12N2O.C5H11NO/c18-11-14-5-8-21(13-14)16-6-9-20(10-7-16)17-4-2-1-3-15(17)12-19;18-11-15-3-1-2-4-17(15)19-9-6-16(7-10-19)20-8-5-14(12-20)13-21;13-9-10-3-1-2-4-12(10)14-7-5-11(15)6-8-14;7-4-5-1-2-6-3-5/h1-4,14,16H,5-11,13,18H2;1-4,14,16,21H,5-10,12-13H2;1-4H,5-8H2;5-7H,1-4H2. The van der Waals surface area contributed by atoms with Crippen LogP contribution in [0.15, 0.2) is 72.8 Å². The summed E-state index contributed by atoms with van der Waals surface area (Å²) < 4.78 is 0. The van der Waals surface area contributed by atoms with E-state index in [1.807, 2.05) is 60.7 Å². The van der Waals surface area contributed by atoms with Gasteiger partial charge < -0.3 is 36.0 Å². The highest BCUT2D eigenvalue weighted by Crippen LogP contribution is 2.30. The molecule has 6 fully saturated rings. The zero-order valence-electron chi connectivity index (χ0n) is 37.7. The van der Waals surface area contributed by atoms with Crippen LogP contribution < -0.4 is 25.8 Å². The van der Waals surface area contributed by atoms with Gasteiger partial charge in [0.2, 0.25) is 0 Å². The Morgan fingerprint density at radius 3 is 1.30 bits per heavy atom. The largest absolute Gasteiger partial charge is 0.396 e. The number of piperidine rings is 3. The molecule has 5 N–H and O–H groups in total. The summed E-state index contributed by atoms with van der Waals surface area (Å²) in [6, 6.07) is 31.5. The van der Waals surface area contributed by atoms with Crippen molar-refractivity contribution in [3.63, 3.8) is 0 Å². The van der Waals surface area contributed by atoms with Gasteiger partial charge >= 0.3 is 0 Å². The number of aliphatic hydroxyl groups excluding tert-OH is 2. The van der Waals surface area contributed by atoms with Gasteiger partial charge in [0.1, 0.15) is 24.0 Å². The number of ketones is 1. The number of carbonyl (C=O) groups excluding carboxylic acids is 1. The normalized spacial score (nSPS) is 23.1. The molecule has 64 heavy (non-hydrogen) atoms. The van der Waals surface area contributed by atoms with Crippen LogP contribution in [0.4, 0.5) is 17.1 Å². The van der Waals surface area contributed by atoms with Gasteiger partial charge in [-0.1, -0.05) is 36.4 Å². The van der Waals surface area contributed by atoms with E-state index in [0.717, 1.165) is 126 Å². The molecule has 342 valence electrons. The molecule has 0 saturated carbocycles. The zero-order chi connectivity index (χ0) is 45.1. The molecular formula is C51H70N10O3. The van der Waals surface area contributed by atoms with Crippen LogP contribution in [0.25, 0.3) is 0 Å². The van der Waals surface area contributed by atoms with E-state index in [2.05, 4.69) is 60.2 Å². The Labute approximate surface area is 381 Å². The fourth-order valence-electron chi connectivity index (χ4n) is 10.1. The third-order valence-corrected chi connectivity index (χ3v) is 14.0. The van der Waals surface area contributed by atoms with Gasteiger partial charge in [-0.15, -0.1) is 0 Å². The number of nitriles is 3. The average Bonchev–Trinajstić information content (AvgIpc) is 4.19. The van der Waals surface area contributed by atoms with Crippen molar-refractivity contribution < 1.29 is 15.0 Å². The minimum atomic E-state index is 0.320. The molecule has 3 aromatic rings. The van der Waals surface area contributed by atoms with Crippen molar-refractivity contribution in [3.8, 4) is 18.2 Å². The van der Waals surface area contributed by atoms with Crippen LogP contribution in [-0.4, -0.2) is 136 Å². The number of rotatable bonds is 8. The molecule has 6 aliphatic rings. The van der Waals surface area contributed by atoms with Crippen molar-refractivity contribution in [3.05, 3.63) is 89.5 Å². The quantitative estimate of drug-likeness (QED) is 0.239. The fraction of sp³-hybridized carbons (Fsp3) is 0.569. The molecule has 6 heterocycles. The lowest BCUT2D eigenvalue weighted by Crippen LogP contribution is -2.44. The van der Waals surface area contributed by atoms with Gasteiger partial charge in [-0.05, 0) is 125 Å². The second-order valence-electron chi connectivity index (χ2n) is 18.1. The van der Waals surface area contributed by atoms with Crippen LogP contribution in [0.3, 0.4) is 0 Å². The third-order valence-electron chi connectivity index (χ3n) is 14.0. The first-order valence-electron chi connectivity index (χ1n) is 23.7. The van der Waals surface area contributed by atoms with Crippen molar-refractivity contribution in [2.24, 2.45) is 23.5 Å². The number of anilines is 3. The number of para-hydroxylation sites is 3. The highest BCUT2D eigenvalue weighted by atomic mass is 16.3. The van der Waals surface area contributed by atoms with Crippen LogP contribution in [0.2, 0.25) is 0 Å². The highest BCUT2D eigenvalue weighted by molar-refractivity contribution is 5.81. The van der Waals surface area contributed by atoms with E-state index in [9.17, 15) is 20.4 Å². The van der Waals surface area contributed by atoms with E-state index >= 15 is 0 Å². The van der Waals surface area contributed by atoms with E-state index < -0.39 is 0 Å². The third kappa shape index (κ3) is 13.5. The summed E-state index contributed by atoms with van der Waals surface area (Å²) in [7, 11) is 0. The van der Waals surface area contributed by atoms with Gasteiger partial charge in [0.25, 0.3) is 0 Å². The number of nitrogens with two attached hydrogens (primary N) is 1. The molecule has 0 bridgehead atoms. The van der Waals surface area contributed by atoms with Crippen LogP contribution in [-0.2, 0) is 4.79 Å². The Bertz CT molecular complexity index is 1920. The Morgan fingerprint density at radius 2 is 0.953 bits per heavy atom. The lowest BCUT2D eigenvalue weighted by atomic mass is 10.0. The van der Waals surface area contributed by atoms with Gasteiger partial charge in [0.05, 0.1) is 33.8 Å². The van der Waals surface area contributed by atoms with Crippen LogP contribution in [0.1, 0.15) is 74.5 Å². The monoisotopic (exact) mass is 871 g/mol. The number of nitrogens with one attached hydrogen (secondary N) is 1. The summed E-state index contributed by atoms with van der Waals surface area (Å²) in [5.74, 6) is 2.03. The number of Topliss-reactive ketones (excluding diaryl/α,β-unsaturated/α-hetero) is 1. The first kappa shape index (κ1) is 48.4. The number of carbonyl (C=O) groups is 1. The van der Waals surface area contributed by atoms with Crippen molar-refractivity contribution in [2.75, 3.05) is 113 Å². The number of hydrogen-bond donors (Lipinski definition) is 4. The number of hydrogen-bond acceptors (Lipinski definition) is 13. The van der Waals surface area contributed by atoms with Crippen LogP contribution in [0, 0.1) is 51.7 Å². The van der Waals surface area contributed by atoms with E-state index in [4.69, 9.17) is 16.1 Å². The van der Waals surface area contributed by atoms with Gasteiger partial charge in [0, 0.05) is 97.0 Å². The van der Waals surface area contributed by atoms with E-state index in [-0.39, 0.29) is 0 Å². The van der Waals surface area contributed by atoms with Crippen molar-refractivity contribution in [2.45, 2.75) is 69.9 Å². The van der Waals surface area contributed by atoms with E-state index in [0.29, 0.717) is 67.2 Å². The number of benzene rings is 3. The van der Waals surface area contributed by atoms with Gasteiger partial charge in [-0.3, -0.25) is 14.6 Å². The molecular weight excluding hydrogens is 801 g/mol. The Hall–Kier alpha value is -5.04. The van der Waals surface area contributed by atoms with Gasteiger partial charge in [-0.2, -0.15) is 15.8 Å². The molecule has 0 radical (unpaired) electrons. The van der Waals surface area contributed by atoms with Gasteiger partial charge in [-0.25, -0.2) is 0 Å². The molecule has 0 aromatic heterocycles. The minimum absolute atomic E-state index is 0.320. The first-order valence-corrected chi connectivity index (χ1v) is 23.7. The summed E-state index contributed by atoms with van der Waals surface area (Å²) in [5.41, 5.74) is 11.2. The maximum absolute atomic E-state index is 11.1. The summed E-state index contributed by atoms with van der Waals surface area (Å²) >= 11 is 0. The maximum Gasteiger partial charge on any atom is 0.136 e. The summed E-state index contributed by atoms with van der Waals surface area (Å²) in [6.45, 7) is 13.8. The molecule has 3 atom stereocenters. The maximum atomic E-state index is 11.1. The molecule has 6 aliphatic heterocycles. The lowest BCUT2D eigenvalue weighted by molar-refractivity contribution is -0.119. The molecule has 3 aromatic carbocycles. The molecule has 0 aliphatic carbocycles. The highest BCUT2D eigenvalue weighted by Gasteiger charge is 2.32. The van der Waals surface area contributed by atoms with E-state index in [1.54, 1.807) is 0 Å². The SMILES string of the molecule is N#Cc1ccccc1N1CCC(=O)CC1.N#Cc1ccccc1N1CCC(N2CCC(CN)C2)CC1.N#Cc1ccccc1N1CCC(N2CCC(CO)C2)CC1.OCC1CCNC1. The Balaban J connectivity index is 0.000000150. The lowest BCUT2D eigenvalue weighted by Gasteiger charge is -2.38. The topological polar surface area (TPSA) is 183 Å². The van der Waals surface area contributed by atoms with Crippen molar-refractivity contribution in [1.29, 1.82) is 15.8 Å². The van der Waals surface area contributed by atoms with Crippen molar-refractivity contribution >= 4 is 22.8 Å². The molecule has 9 rings (SSSR count). The van der Waals surface area contributed by atoms with Crippen LogP contribution >= 0.6 is 0 Å². The predicted octanol–water partition coefficient (Wildman–Crippen LogP) is 4.96. The van der Waals surface area contributed by atoms with Crippen LogP contribution in [0.5, 0.6) is 0 Å². The molecule has 13 heteroatoms. The molecule has 3 unspecified atom stereocenters. The second-order valence-corrected chi connectivity index (χ2v) is 18.1. The Kier molecular flexibility index (Phi) is 19.3. The summed E-state index contributed by atoms with van der Waals surface area (Å²) in [6.07, 6.45) is 9.42. The number of aliphatic hydroxyl groups is 2. The first-order chi connectivity index (χ1) is 31.4. The summed E-state index contributed by atoms with van der Waals surface area (Å²) in [5, 5.41) is 48.4. The molecule has 0 spiro atoms. The second kappa shape index (κ2) is 25.4. The smallest absolute Gasteiger partial charge is 0.136 e. The van der Waals surface area contributed by atoms with Crippen molar-refractivity contribution in [1.82, 2.24) is 15.1 Å². The molecule has 0 amide bonds. The predicted molar refractivity (Wildman–Crippen MR) is 254 cm³/mol. The zero-order valence-corrected chi connectivity index (χ0v) is 37.7. The fourth-order valence-corrected chi connectivity index (χ4v) is 10.1. The average molecular weight is 871 g/mol. The minimum Gasteiger partial charge on any atom is -0.396 e. The molecule has 6 saturated heterocycles. The summed E-state index contributed by atoms with van der Waals surface area (Å²) in [4.78, 5) is 23.1. The Morgan fingerprint density at radius 1 is 0.547 bits per heavy atom. The number of nitrogens with zero attached hydrogens (tertiary/aromatic N) is 8. The molecule has 13 nitrogen and oxygen atoms in total.